The van der Waals surface area contributed by atoms with E-state index in [1.54, 1.807) is 6.26 Å². The fourth-order valence-corrected chi connectivity index (χ4v) is 4.26. The third-order valence-electron chi connectivity index (χ3n) is 5.61. The number of carbonyl (C=O) groups excluding carboxylic acids is 2. The number of carbonyl (C=O) groups is 2. The molecule has 0 radical (unpaired) electrons. The van der Waals surface area contributed by atoms with Crippen molar-refractivity contribution in [2.45, 2.75) is 64.6 Å². The molecule has 144 valence electrons. The minimum atomic E-state index is -0.680. The van der Waals surface area contributed by atoms with Gasteiger partial charge in [-0.1, -0.05) is 20.8 Å². The normalized spacial score (nSPS) is 23.7. The number of piperidine rings is 1. The van der Waals surface area contributed by atoms with Crippen LogP contribution in [0, 0.1) is 5.92 Å². The van der Waals surface area contributed by atoms with Gasteiger partial charge < -0.3 is 14.6 Å². The number of hydrogen-bond donors (Lipinski definition) is 1. The van der Waals surface area contributed by atoms with E-state index in [2.05, 4.69) is 31.0 Å². The van der Waals surface area contributed by atoms with Gasteiger partial charge in [-0.25, -0.2) is 0 Å². The van der Waals surface area contributed by atoms with Crippen LogP contribution in [0.15, 0.2) is 22.8 Å². The Balaban J connectivity index is 1.72. The summed E-state index contributed by atoms with van der Waals surface area (Å²) in [4.78, 5) is 30.4. The lowest BCUT2D eigenvalue weighted by atomic mass is 9.81. The predicted octanol–water partition coefficient (Wildman–Crippen LogP) is 2.40. The first-order valence-corrected chi connectivity index (χ1v) is 9.83. The molecule has 0 bridgehead atoms. The molecule has 2 fully saturated rings. The van der Waals surface area contributed by atoms with Gasteiger partial charge in [0.1, 0.15) is 17.3 Å². The molecular formula is C20H31N3O3. The summed E-state index contributed by atoms with van der Waals surface area (Å²) in [5, 5.41) is 3.04. The highest BCUT2D eigenvalue weighted by molar-refractivity contribution is 6.00. The highest BCUT2D eigenvalue weighted by Crippen LogP contribution is 2.34. The van der Waals surface area contributed by atoms with E-state index >= 15 is 0 Å². The van der Waals surface area contributed by atoms with Crippen LogP contribution in [0.3, 0.4) is 0 Å². The van der Waals surface area contributed by atoms with Gasteiger partial charge in [0.25, 0.3) is 0 Å². The van der Waals surface area contributed by atoms with Crippen molar-refractivity contribution < 1.29 is 14.0 Å². The van der Waals surface area contributed by atoms with Crippen molar-refractivity contribution >= 4 is 11.8 Å². The second kappa shape index (κ2) is 7.82. The Labute approximate surface area is 155 Å². The van der Waals surface area contributed by atoms with Gasteiger partial charge in [0, 0.05) is 19.6 Å². The quantitative estimate of drug-likeness (QED) is 0.845. The predicted molar refractivity (Wildman–Crippen MR) is 99.3 cm³/mol. The van der Waals surface area contributed by atoms with Crippen LogP contribution in [0.2, 0.25) is 0 Å². The van der Waals surface area contributed by atoms with Crippen molar-refractivity contribution in [1.82, 2.24) is 15.1 Å². The molecule has 1 atom stereocenters. The Morgan fingerprint density at radius 3 is 2.62 bits per heavy atom. The van der Waals surface area contributed by atoms with Gasteiger partial charge in [0.15, 0.2) is 0 Å². The van der Waals surface area contributed by atoms with Crippen molar-refractivity contribution in [2.24, 2.45) is 5.92 Å². The minimum absolute atomic E-state index is 0.0360. The van der Waals surface area contributed by atoms with Crippen molar-refractivity contribution in [2.75, 3.05) is 19.6 Å². The summed E-state index contributed by atoms with van der Waals surface area (Å²) in [7, 11) is 0. The number of nitrogens with one attached hydrogen (secondary N) is 1. The monoisotopic (exact) mass is 361 g/mol. The van der Waals surface area contributed by atoms with Crippen LogP contribution in [0.1, 0.15) is 52.2 Å². The molecule has 1 N–H and O–H groups in total. The van der Waals surface area contributed by atoms with E-state index in [1.165, 1.54) is 0 Å². The van der Waals surface area contributed by atoms with E-state index in [1.807, 2.05) is 17.0 Å². The number of piperazine rings is 1. The Morgan fingerprint density at radius 1 is 1.31 bits per heavy atom. The maximum atomic E-state index is 13.1. The Morgan fingerprint density at radius 2 is 2.04 bits per heavy atom. The van der Waals surface area contributed by atoms with Crippen LogP contribution < -0.4 is 5.32 Å². The average Bonchev–Trinajstić information content (AvgIpc) is 3.11. The summed E-state index contributed by atoms with van der Waals surface area (Å²) in [6.07, 6.45) is 4.61. The molecule has 3 heterocycles. The summed E-state index contributed by atoms with van der Waals surface area (Å²) >= 11 is 0. The third kappa shape index (κ3) is 3.65. The van der Waals surface area contributed by atoms with Gasteiger partial charge in [-0.15, -0.1) is 0 Å². The Bertz CT molecular complexity index is 618. The zero-order valence-electron chi connectivity index (χ0n) is 16.2. The molecule has 3 rings (SSSR count). The number of nitrogens with zero attached hydrogens (tertiary/aromatic N) is 2. The molecule has 0 aliphatic carbocycles. The summed E-state index contributed by atoms with van der Waals surface area (Å²) < 4.78 is 5.44. The number of amides is 2. The number of hydrogen-bond acceptors (Lipinski definition) is 4. The lowest BCUT2D eigenvalue weighted by molar-refractivity contribution is -0.161. The van der Waals surface area contributed by atoms with Crippen LogP contribution in [-0.4, -0.2) is 52.8 Å². The first-order chi connectivity index (χ1) is 12.5. The molecule has 2 saturated heterocycles. The van der Waals surface area contributed by atoms with Gasteiger partial charge in [0.05, 0.1) is 12.8 Å². The molecule has 1 unspecified atom stereocenters. The molecule has 1 aromatic heterocycles. The molecule has 2 amide bonds. The minimum Gasteiger partial charge on any atom is -0.468 e. The maximum absolute atomic E-state index is 13.1. The smallest absolute Gasteiger partial charge is 0.246 e. The second-order valence-electron chi connectivity index (χ2n) is 8.03. The van der Waals surface area contributed by atoms with Crippen molar-refractivity contribution in [1.29, 1.82) is 0 Å². The maximum Gasteiger partial charge on any atom is 0.246 e. The van der Waals surface area contributed by atoms with Crippen LogP contribution in [0.4, 0.5) is 0 Å². The summed E-state index contributed by atoms with van der Waals surface area (Å²) in [5.74, 6) is 1.44. The Kier molecular flexibility index (Phi) is 5.70. The molecule has 26 heavy (non-hydrogen) atoms. The fourth-order valence-electron chi connectivity index (χ4n) is 4.26. The standard InChI is InChI=1S/C20H31N3O3/c1-4-9-23-18(24)17(13-15(2)3)21-19(25)20(23)7-10-22(11-8-20)14-16-6-5-12-26-16/h5-6,12,15,17H,4,7-11,13-14H2,1-3H3,(H,21,25). The van der Waals surface area contributed by atoms with E-state index < -0.39 is 5.54 Å². The summed E-state index contributed by atoms with van der Waals surface area (Å²) in [6, 6.07) is 3.49. The largest absolute Gasteiger partial charge is 0.468 e. The lowest BCUT2D eigenvalue weighted by Crippen LogP contribution is -2.73. The van der Waals surface area contributed by atoms with Gasteiger partial charge in [0.2, 0.25) is 11.8 Å². The molecule has 0 aromatic carbocycles. The summed E-state index contributed by atoms with van der Waals surface area (Å²) in [5.41, 5.74) is -0.680. The number of furan rings is 1. The number of likely N-dealkylation sites (tertiary alicyclic amines) is 1. The van der Waals surface area contributed by atoms with Crippen molar-refractivity contribution in [3.8, 4) is 0 Å². The highest BCUT2D eigenvalue weighted by atomic mass is 16.3. The third-order valence-corrected chi connectivity index (χ3v) is 5.61. The van der Waals surface area contributed by atoms with Gasteiger partial charge in [-0.2, -0.15) is 0 Å². The molecule has 2 aliphatic rings. The average molecular weight is 361 g/mol. The topological polar surface area (TPSA) is 65.8 Å². The first-order valence-electron chi connectivity index (χ1n) is 9.83. The molecule has 6 heteroatoms. The van der Waals surface area contributed by atoms with E-state index in [0.29, 0.717) is 31.7 Å². The van der Waals surface area contributed by atoms with E-state index in [0.717, 1.165) is 31.8 Å². The van der Waals surface area contributed by atoms with E-state index in [4.69, 9.17) is 4.42 Å². The Hall–Kier alpha value is -1.82. The molecule has 1 spiro atoms. The van der Waals surface area contributed by atoms with Crippen LogP contribution in [-0.2, 0) is 16.1 Å². The zero-order valence-corrected chi connectivity index (χ0v) is 16.2. The molecular weight excluding hydrogens is 330 g/mol. The fraction of sp³-hybridized carbons (Fsp3) is 0.700. The SMILES string of the molecule is CCCN1C(=O)C(CC(C)C)NC(=O)C12CCN(Cc1ccco1)CC2. The van der Waals surface area contributed by atoms with Gasteiger partial charge in [-0.05, 0) is 43.7 Å². The van der Waals surface area contributed by atoms with Gasteiger partial charge in [-0.3, -0.25) is 14.5 Å². The number of rotatable bonds is 6. The van der Waals surface area contributed by atoms with E-state index in [9.17, 15) is 9.59 Å². The van der Waals surface area contributed by atoms with Crippen molar-refractivity contribution in [3.63, 3.8) is 0 Å². The van der Waals surface area contributed by atoms with Crippen LogP contribution in [0.5, 0.6) is 0 Å². The van der Waals surface area contributed by atoms with Gasteiger partial charge >= 0.3 is 0 Å². The molecule has 2 aliphatic heterocycles. The first kappa shape index (κ1) is 19.0. The molecule has 0 saturated carbocycles. The van der Waals surface area contributed by atoms with Crippen LogP contribution in [0.25, 0.3) is 0 Å². The highest BCUT2D eigenvalue weighted by Gasteiger charge is 2.53. The van der Waals surface area contributed by atoms with Crippen LogP contribution >= 0.6 is 0 Å². The molecule has 1 aromatic rings. The second-order valence-corrected chi connectivity index (χ2v) is 8.03. The lowest BCUT2D eigenvalue weighted by Gasteiger charge is -2.51. The summed E-state index contributed by atoms with van der Waals surface area (Å²) in [6.45, 7) is 9.22. The van der Waals surface area contributed by atoms with Crippen molar-refractivity contribution in [3.05, 3.63) is 24.2 Å². The zero-order chi connectivity index (χ0) is 18.7. The molecule has 6 nitrogen and oxygen atoms in total. The van der Waals surface area contributed by atoms with E-state index in [-0.39, 0.29) is 17.9 Å².